The van der Waals surface area contributed by atoms with E-state index in [1.165, 1.54) is 12.7 Å². The average Bonchev–Trinajstić information content (AvgIpc) is 2.70. The fourth-order valence-corrected chi connectivity index (χ4v) is 3.14. The van der Waals surface area contributed by atoms with Crippen LogP contribution in [0.5, 0.6) is 5.75 Å². The standard InChI is InChI=1S/C21H33N3O3.HI/c1-4-22-21(24-14-11-18(12-15-24)20(25)26-3)23-13-5-6-16-27-19-9-7-17(2)8-10-19;/h7-10,18H,4-6,11-16H2,1-3H3,(H,22,23);1H. The second-order valence-electron chi connectivity index (χ2n) is 6.89. The molecule has 0 aliphatic carbocycles. The van der Waals surface area contributed by atoms with Crippen LogP contribution >= 0.6 is 24.0 Å². The average molecular weight is 503 g/mol. The van der Waals surface area contributed by atoms with Gasteiger partial charge in [0.05, 0.1) is 19.6 Å². The Morgan fingerprint density at radius 1 is 1.21 bits per heavy atom. The maximum Gasteiger partial charge on any atom is 0.308 e. The molecule has 28 heavy (non-hydrogen) atoms. The summed E-state index contributed by atoms with van der Waals surface area (Å²) in [4.78, 5) is 18.6. The number of esters is 1. The summed E-state index contributed by atoms with van der Waals surface area (Å²) in [5.74, 6) is 1.80. The van der Waals surface area contributed by atoms with Crippen molar-refractivity contribution in [3.8, 4) is 5.75 Å². The van der Waals surface area contributed by atoms with Gasteiger partial charge in [0.15, 0.2) is 5.96 Å². The number of carbonyl (C=O) groups is 1. The Morgan fingerprint density at radius 2 is 1.89 bits per heavy atom. The largest absolute Gasteiger partial charge is 0.494 e. The van der Waals surface area contributed by atoms with E-state index in [4.69, 9.17) is 14.5 Å². The van der Waals surface area contributed by atoms with E-state index >= 15 is 0 Å². The highest BCUT2D eigenvalue weighted by molar-refractivity contribution is 14.0. The zero-order valence-corrected chi connectivity index (χ0v) is 19.6. The van der Waals surface area contributed by atoms with Crippen LogP contribution in [-0.2, 0) is 9.53 Å². The van der Waals surface area contributed by atoms with Crippen LogP contribution in [0.1, 0.15) is 38.2 Å². The monoisotopic (exact) mass is 503 g/mol. The number of ether oxygens (including phenoxy) is 2. The summed E-state index contributed by atoms with van der Waals surface area (Å²) < 4.78 is 10.6. The van der Waals surface area contributed by atoms with Gasteiger partial charge in [0.25, 0.3) is 0 Å². The topological polar surface area (TPSA) is 63.2 Å². The van der Waals surface area contributed by atoms with Gasteiger partial charge in [0.2, 0.25) is 0 Å². The predicted molar refractivity (Wildman–Crippen MR) is 124 cm³/mol. The first-order chi connectivity index (χ1) is 13.1. The molecule has 1 saturated heterocycles. The van der Waals surface area contributed by atoms with Gasteiger partial charge in [-0.2, -0.15) is 0 Å². The van der Waals surface area contributed by atoms with E-state index in [1.54, 1.807) is 0 Å². The van der Waals surface area contributed by atoms with Crippen LogP contribution in [0.4, 0.5) is 0 Å². The molecule has 1 N–H and O–H groups in total. The van der Waals surface area contributed by atoms with Crippen molar-refractivity contribution in [2.45, 2.75) is 39.5 Å². The molecule has 1 fully saturated rings. The normalized spacial score (nSPS) is 15.0. The summed E-state index contributed by atoms with van der Waals surface area (Å²) in [6.07, 6.45) is 3.60. The molecule has 0 unspecified atom stereocenters. The number of hydrogen-bond donors (Lipinski definition) is 1. The second-order valence-corrected chi connectivity index (χ2v) is 6.89. The van der Waals surface area contributed by atoms with Crippen molar-refractivity contribution in [2.75, 3.05) is 39.9 Å². The molecule has 0 saturated carbocycles. The van der Waals surface area contributed by atoms with Crippen molar-refractivity contribution in [3.63, 3.8) is 0 Å². The van der Waals surface area contributed by atoms with Crippen molar-refractivity contribution < 1.29 is 14.3 Å². The molecule has 1 aliphatic rings. The Kier molecular flexibility index (Phi) is 11.9. The highest BCUT2D eigenvalue weighted by Crippen LogP contribution is 2.18. The first-order valence-electron chi connectivity index (χ1n) is 9.94. The summed E-state index contributed by atoms with van der Waals surface area (Å²) in [6, 6.07) is 8.14. The molecule has 0 atom stereocenters. The van der Waals surface area contributed by atoms with Gasteiger partial charge in [-0.15, -0.1) is 24.0 Å². The van der Waals surface area contributed by atoms with E-state index in [0.29, 0.717) is 6.61 Å². The van der Waals surface area contributed by atoms with Crippen LogP contribution < -0.4 is 10.1 Å². The summed E-state index contributed by atoms with van der Waals surface area (Å²) in [5.41, 5.74) is 1.24. The molecular weight excluding hydrogens is 469 g/mol. The Balaban J connectivity index is 0.00000392. The predicted octanol–water partition coefficient (Wildman–Crippen LogP) is 3.62. The van der Waals surface area contributed by atoms with Crippen LogP contribution in [0.25, 0.3) is 0 Å². The molecule has 0 bridgehead atoms. The summed E-state index contributed by atoms with van der Waals surface area (Å²) in [7, 11) is 1.46. The van der Waals surface area contributed by atoms with Crippen LogP contribution in [0, 0.1) is 12.8 Å². The Morgan fingerprint density at radius 3 is 2.50 bits per heavy atom. The molecule has 0 amide bonds. The number of methoxy groups -OCH3 is 1. The third-order valence-electron chi connectivity index (χ3n) is 4.77. The fourth-order valence-electron chi connectivity index (χ4n) is 3.14. The van der Waals surface area contributed by atoms with Gasteiger partial charge in [-0.1, -0.05) is 17.7 Å². The number of aliphatic imine (C=N–C) groups is 1. The number of rotatable bonds is 8. The number of benzene rings is 1. The zero-order valence-electron chi connectivity index (χ0n) is 17.3. The lowest BCUT2D eigenvalue weighted by Crippen LogP contribution is -2.46. The number of nitrogens with one attached hydrogen (secondary N) is 1. The van der Waals surface area contributed by atoms with Crippen molar-refractivity contribution >= 4 is 35.9 Å². The Bertz CT molecular complexity index is 599. The number of unbranched alkanes of at least 4 members (excludes halogenated alkanes) is 1. The molecule has 158 valence electrons. The SMILES string of the molecule is CCNC(=NCCCCOc1ccc(C)cc1)N1CCC(C(=O)OC)CC1.I. The number of halogens is 1. The smallest absolute Gasteiger partial charge is 0.308 e. The third kappa shape index (κ3) is 8.24. The first-order valence-corrected chi connectivity index (χ1v) is 9.94. The molecule has 2 rings (SSSR count). The van der Waals surface area contributed by atoms with E-state index in [1.807, 2.05) is 12.1 Å². The third-order valence-corrected chi connectivity index (χ3v) is 4.77. The Labute approximate surface area is 186 Å². The molecule has 0 aromatic heterocycles. The number of guanidine groups is 1. The number of piperidine rings is 1. The molecule has 6 nitrogen and oxygen atoms in total. The minimum absolute atomic E-state index is 0. The highest BCUT2D eigenvalue weighted by atomic mass is 127. The lowest BCUT2D eigenvalue weighted by molar-refractivity contribution is -0.146. The van der Waals surface area contributed by atoms with Crippen molar-refractivity contribution in [3.05, 3.63) is 29.8 Å². The molecule has 1 aliphatic heterocycles. The number of aryl methyl sites for hydroxylation is 1. The minimum Gasteiger partial charge on any atom is -0.494 e. The van der Waals surface area contributed by atoms with Crippen LogP contribution in [0.2, 0.25) is 0 Å². The maximum atomic E-state index is 11.7. The minimum atomic E-state index is -0.0924. The van der Waals surface area contributed by atoms with Crippen LogP contribution in [0.15, 0.2) is 29.3 Å². The van der Waals surface area contributed by atoms with E-state index in [0.717, 1.165) is 63.6 Å². The van der Waals surface area contributed by atoms with Crippen LogP contribution in [0.3, 0.4) is 0 Å². The molecule has 0 radical (unpaired) electrons. The molecule has 1 aromatic rings. The number of nitrogens with zero attached hydrogens (tertiary/aromatic N) is 2. The molecular formula is C21H34IN3O3. The highest BCUT2D eigenvalue weighted by Gasteiger charge is 2.26. The van der Waals surface area contributed by atoms with Gasteiger partial charge in [-0.3, -0.25) is 9.79 Å². The zero-order chi connectivity index (χ0) is 19.5. The maximum absolute atomic E-state index is 11.7. The number of likely N-dealkylation sites (tertiary alicyclic amines) is 1. The number of carbonyl (C=O) groups excluding carboxylic acids is 1. The van der Waals surface area contributed by atoms with Gasteiger partial charge < -0.3 is 19.7 Å². The van der Waals surface area contributed by atoms with Gasteiger partial charge in [0, 0.05) is 26.2 Å². The number of hydrogen-bond acceptors (Lipinski definition) is 4. The quantitative estimate of drug-likeness (QED) is 0.193. The molecule has 1 heterocycles. The van der Waals surface area contributed by atoms with Crippen LogP contribution in [-0.4, -0.2) is 56.7 Å². The van der Waals surface area contributed by atoms with Crippen molar-refractivity contribution in [1.82, 2.24) is 10.2 Å². The van der Waals surface area contributed by atoms with E-state index in [-0.39, 0.29) is 35.9 Å². The molecule has 1 aromatic carbocycles. The summed E-state index contributed by atoms with van der Waals surface area (Å²) >= 11 is 0. The fraction of sp³-hybridized carbons (Fsp3) is 0.619. The van der Waals surface area contributed by atoms with Crippen molar-refractivity contribution in [2.24, 2.45) is 10.9 Å². The summed E-state index contributed by atoms with van der Waals surface area (Å²) in [5, 5.41) is 3.36. The van der Waals surface area contributed by atoms with Gasteiger partial charge in [-0.25, -0.2) is 0 Å². The van der Waals surface area contributed by atoms with Gasteiger partial charge in [0.1, 0.15) is 5.75 Å². The molecule has 7 heteroatoms. The summed E-state index contributed by atoms with van der Waals surface area (Å²) in [6.45, 7) is 8.14. The van der Waals surface area contributed by atoms with Gasteiger partial charge >= 0.3 is 5.97 Å². The van der Waals surface area contributed by atoms with Gasteiger partial charge in [-0.05, 0) is 51.7 Å². The van der Waals surface area contributed by atoms with E-state index in [9.17, 15) is 4.79 Å². The van der Waals surface area contributed by atoms with E-state index < -0.39 is 0 Å². The molecule has 0 spiro atoms. The first kappa shape index (κ1) is 24.5. The lowest BCUT2D eigenvalue weighted by Gasteiger charge is -2.33. The second kappa shape index (κ2) is 13.6. The Hall–Kier alpha value is -1.51. The van der Waals surface area contributed by atoms with Crippen molar-refractivity contribution in [1.29, 1.82) is 0 Å². The van der Waals surface area contributed by atoms with E-state index in [2.05, 4.69) is 36.2 Å². The lowest BCUT2D eigenvalue weighted by atomic mass is 9.97.